The van der Waals surface area contributed by atoms with Crippen molar-refractivity contribution >= 4 is 11.6 Å². The fraction of sp³-hybridized carbons (Fsp3) is 0.0769. The first-order chi connectivity index (χ1) is 15.2. The van der Waals surface area contributed by atoms with Crippen molar-refractivity contribution in [2.24, 2.45) is 0 Å². The largest absolute Gasteiger partial charge is 0.309 e. The molecule has 0 aliphatic rings. The van der Waals surface area contributed by atoms with E-state index in [-0.39, 0.29) is 11.6 Å². The molecule has 4 rings (SSSR count). The molecule has 0 bridgehead atoms. The van der Waals surface area contributed by atoms with Crippen molar-refractivity contribution in [3.63, 3.8) is 0 Å². The van der Waals surface area contributed by atoms with Crippen LogP contribution >= 0.6 is 0 Å². The highest BCUT2D eigenvalue weighted by molar-refractivity contribution is 6.09. The van der Waals surface area contributed by atoms with Crippen LogP contribution in [0.4, 0.5) is 0 Å². The number of hydrogen-bond donors (Lipinski definition) is 1. The lowest BCUT2D eigenvalue weighted by atomic mass is 10.0. The average molecular weight is 407 g/mol. The molecule has 0 unspecified atom stereocenters. The molecule has 2 aromatic heterocycles. The normalized spacial score (nSPS) is 10.6. The second-order valence-corrected chi connectivity index (χ2v) is 7.13. The van der Waals surface area contributed by atoms with Crippen LogP contribution in [-0.4, -0.2) is 21.5 Å². The Hall–Kier alpha value is -3.96. The smallest absolute Gasteiger partial charge is 0.193 e. The van der Waals surface area contributed by atoms with Gasteiger partial charge in [0.05, 0.1) is 0 Å². The minimum atomic E-state index is -0.0108. The molecule has 1 N–H and O–H groups in total. The standard InChI is InChI=1S/C26H21N3O2/c30-25(23-9-13-27-14-10-23)21-5-1-19(2-6-21)17-29-18-20-3-7-22(8-4-20)26(31)24-11-15-28-16-12-24/h1-16,29H,17-18H2. The number of nitrogens with zero attached hydrogens (tertiary/aromatic N) is 2. The molecule has 0 spiro atoms. The lowest BCUT2D eigenvalue weighted by Crippen LogP contribution is -2.13. The average Bonchev–Trinajstić information content (AvgIpc) is 2.85. The number of hydrogen-bond acceptors (Lipinski definition) is 5. The highest BCUT2D eigenvalue weighted by atomic mass is 16.1. The number of carbonyl (C=O) groups is 2. The van der Waals surface area contributed by atoms with Gasteiger partial charge in [-0.05, 0) is 35.4 Å². The van der Waals surface area contributed by atoms with Crippen LogP contribution in [0.25, 0.3) is 0 Å². The molecule has 0 fully saturated rings. The number of carbonyl (C=O) groups excluding carboxylic acids is 2. The molecule has 2 heterocycles. The third-order valence-corrected chi connectivity index (χ3v) is 4.98. The molecule has 0 saturated carbocycles. The Labute approximate surface area is 180 Å². The van der Waals surface area contributed by atoms with Crippen molar-refractivity contribution in [1.82, 2.24) is 15.3 Å². The van der Waals surface area contributed by atoms with Gasteiger partial charge in [0.2, 0.25) is 0 Å². The van der Waals surface area contributed by atoms with Crippen LogP contribution in [0.5, 0.6) is 0 Å². The maximum atomic E-state index is 12.5. The fourth-order valence-electron chi connectivity index (χ4n) is 3.24. The van der Waals surface area contributed by atoms with Crippen molar-refractivity contribution in [2.75, 3.05) is 0 Å². The lowest BCUT2D eigenvalue weighted by molar-refractivity contribution is 0.103. The molecule has 31 heavy (non-hydrogen) atoms. The van der Waals surface area contributed by atoms with E-state index < -0.39 is 0 Å². The highest BCUT2D eigenvalue weighted by Crippen LogP contribution is 2.12. The van der Waals surface area contributed by atoms with Gasteiger partial charge in [0.1, 0.15) is 0 Å². The first-order valence-corrected chi connectivity index (χ1v) is 9.99. The van der Waals surface area contributed by atoms with Gasteiger partial charge >= 0.3 is 0 Å². The predicted octanol–water partition coefficient (Wildman–Crippen LogP) is 4.23. The summed E-state index contributed by atoms with van der Waals surface area (Å²) in [7, 11) is 0. The van der Waals surface area contributed by atoms with Gasteiger partial charge in [-0.15, -0.1) is 0 Å². The van der Waals surface area contributed by atoms with Crippen LogP contribution in [0, 0.1) is 0 Å². The van der Waals surface area contributed by atoms with Gasteiger partial charge in [0.15, 0.2) is 11.6 Å². The molecule has 0 amide bonds. The summed E-state index contributed by atoms with van der Waals surface area (Å²) in [5, 5.41) is 3.39. The third-order valence-electron chi connectivity index (χ3n) is 4.98. The Morgan fingerprint density at radius 1 is 0.516 bits per heavy atom. The minimum Gasteiger partial charge on any atom is -0.309 e. The summed E-state index contributed by atoms with van der Waals surface area (Å²) >= 11 is 0. The summed E-state index contributed by atoms with van der Waals surface area (Å²) in [5.41, 5.74) is 4.76. The van der Waals surface area contributed by atoms with E-state index >= 15 is 0 Å². The van der Waals surface area contributed by atoms with Gasteiger partial charge < -0.3 is 5.32 Å². The quantitative estimate of drug-likeness (QED) is 0.443. The van der Waals surface area contributed by atoms with Crippen LogP contribution in [0.1, 0.15) is 43.0 Å². The van der Waals surface area contributed by atoms with Gasteiger partial charge in [-0.3, -0.25) is 19.6 Å². The Bertz CT molecular complexity index is 1060. The number of nitrogens with one attached hydrogen (secondary N) is 1. The van der Waals surface area contributed by atoms with Crippen molar-refractivity contribution in [2.45, 2.75) is 13.1 Å². The number of aromatic nitrogens is 2. The Morgan fingerprint density at radius 2 is 0.839 bits per heavy atom. The Morgan fingerprint density at radius 3 is 1.19 bits per heavy atom. The first kappa shape index (κ1) is 20.3. The molecule has 0 saturated heterocycles. The van der Waals surface area contributed by atoms with E-state index in [2.05, 4.69) is 15.3 Å². The lowest BCUT2D eigenvalue weighted by Gasteiger charge is -2.07. The monoisotopic (exact) mass is 407 g/mol. The molecule has 2 aromatic carbocycles. The number of rotatable bonds is 8. The summed E-state index contributed by atoms with van der Waals surface area (Å²) < 4.78 is 0. The van der Waals surface area contributed by atoms with Gasteiger partial charge in [-0.1, -0.05) is 48.5 Å². The zero-order valence-electron chi connectivity index (χ0n) is 16.9. The molecule has 5 nitrogen and oxygen atoms in total. The van der Waals surface area contributed by atoms with E-state index in [0.29, 0.717) is 35.3 Å². The minimum absolute atomic E-state index is 0.0108. The van der Waals surface area contributed by atoms with Crippen molar-refractivity contribution < 1.29 is 9.59 Å². The molecule has 0 atom stereocenters. The van der Waals surface area contributed by atoms with Crippen LogP contribution in [0.2, 0.25) is 0 Å². The maximum Gasteiger partial charge on any atom is 0.193 e. The third kappa shape index (κ3) is 5.15. The van der Waals surface area contributed by atoms with E-state index in [1.165, 1.54) is 0 Å². The van der Waals surface area contributed by atoms with E-state index in [1.807, 2.05) is 48.5 Å². The fourth-order valence-corrected chi connectivity index (χ4v) is 3.24. The molecule has 152 valence electrons. The molecular formula is C26H21N3O2. The molecule has 0 aliphatic carbocycles. The first-order valence-electron chi connectivity index (χ1n) is 9.99. The predicted molar refractivity (Wildman–Crippen MR) is 119 cm³/mol. The number of pyridine rings is 2. The number of ketones is 2. The van der Waals surface area contributed by atoms with Gasteiger partial charge in [-0.25, -0.2) is 0 Å². The van der Waals surface area contributed by atoms with Crippen LogP contribution in [0.15, 0.2) is 97.6 Å². The molecule has 5 heteroatoms. The zero-order chi connectivity index (χ0) is 21.5. The second kappa shape index (κ2) is 9.69. The summed E-state index contributed by atoms with van der Waals surface area (Å²) in [6.45, 7) is 1.36. The van der Waals surface area contributed by atoms with E-state index in [1.54, 1.807) is 49.1 Å². The summed E-state index contributed by atoms with van der Waals surface area (Å²) in [5.74, 6) is -0.0216. The maximum absolute atomic E-state index is 12.5. The highest BCUT2D eigenvalue weighted by Gasteiger charge is 2.09. The van der Waals surface area contributed by atoms with E-state index in [9.17, 15) is 9.59 Å². The Balaban J connectivity index is 1.30. The second-order valence-electron chi connectivity index (χ2n) is 7.13. The van der Waals surface area contributed by atoms with E-state index in [4.69, 9.17) is 0 Å². The molecule has 0 aliphatic heterocycles. The van der Waals surface area contributed by atoms with Crippen molar-refractivity contribution in [3.05, 3.63) is 131 Å². The van der Waals surface area contributed by atoms with Crippen molar-refractivity contribution in [1.29, 1.82) is 0 Å². The van der Waals surface area contributed by atoms with Gasteiger partial charge in [-0.2, -0.15) is 0 Å². The summed E-state index contributed by atoms with van der Waals surface area (Å²) in [4.78, 5) is 32.8. The molecule has 4 aromatic rings. The zero-order valence-corrected chi connectivity index (χ0v) is 16.9. The van der Waals surface area contributed by atoms with Crippen LogP contribution in [-0.2, 0) is 13.1 Å². The van der Waals surface area contributed by atoms with Crippen LogP contribution < -0.4 is 5.32 Å². The van der Waals surface area contributed by atoms with E-state index in [0.717, 1.165) is 11.1 Å². The van der Waals surface area contributed by atoms with Crippen LogP contribution in [0.3, 0.4) is 0 Å². The van der Waals surface area contributed by atoms with Crippen molar-refractivity contribution in [3.8, 4) is 0 Å². The molecule has 0 radical (unpaired) electrons. The number of benzene rings is 2. The topological polar surface area (TPSA) is 72.0 Å². The SMILES string of the molecule is O=C(c1ccncc1)c1ccc(CNCc2ccc(C(=O)c3ccncc3)cc2)cc1. The van der Waals surface area contributed by atoms with Gasteiger partial charge in [0, 0.05) is 60.1 Å². The summed E-state index contributed by atoms with van der Waals surface area (Å²) in [6.07, 6.45) is 6.47. The molecular weight excluding hydrogens is 386 g/mol. The van der Waals surface area contributed by atoms with Gasteiger partial charge in [0.25, 0.3) is 0 Å². The summed E-state index contributed by atoms with van der Waals surface area (Å²) in [6, 6.07) is 22.1. The Kier molecular flexibility index (Phi) is 6.35.